The molecule has 0 aromatic heterocycles. The van der Waals surface area contributed by atoms with E-state index in [2.05, 4.69) is 80.9 Å². The molecule has 1 aliphatic rings. The van der Waals surface area contributed by atoms with Crippen molar-refractivity contribution < 1.29 is 4.59 Å². The molecule has 1 heterocycles. The monoisotopic (exact) mass is 262 g/mol. The van der Waals surface area contributed by atoms with E-state index in [1.54, 1.807) is 0 Å². The molecule has 0 radical (unpaired) electrons. The second-order valence-corrected chi connectivity index (χ2v) is 4.95. The number of nitrogens with one attached hydrogen (secondary N) is 1. The molecule has 0 saturated carbocycles. The van der Waals surface area contributed by atoms with Crippen LogP contribution in [-0.2, 0) is 0 Å². The molecule has 19 heavy (non-hydrogen) atoms. The van der Waals surface area contributed by atoms with Crippen LogP contribution < -0.4 is 5.43 Å². The van der Waals surface area contributed by atoms with Crippen molar-refractivity contribution in [1.82, 2.24) is 10.5 Å². The molecule has 0 fully saturated rings. The van der Waals surface area contributed by atoms with Gasteiger partial charge in [-0.1, -0.05) is 35.5 Å². The minimum atomic E-state index is 0.872. The van der Waals surface area contributed by atoms with E-state index in [0.717, 1.165) is 30.8 Å². The van der Waals surface area contributed by atoms with E-state index in [4.69, 9.17) is 0 Å². The largest absolute Gasteiger partial charge is 0.206 e. The first-order valence-corrected chi connectivity index (χ1v) is 7.08. The molecule has 1 aliphatic heterocycles. The Hall–Kier alpha value is -1.16. The fourth-order valence-electron chi connectivity index (χ4n) is 2.32. The molecule has 3 heteroatoms. The Morgan fingerprint density at radius 3 is 2.32 bits per heavy atom. The number of rotatable bonds is 8. The summed E-state index contributed by atoms with van der Waals surface area (Å²) in [7, 11) is 0. The second-order valence-electron chi connectivity index (χ2n) is 4.95. The molecule has 0 aromatic rings. The van der Waals surface area contributed by atoms with Gasteiger partial charge in [-0.25, -0.2) is 5.43 Å². The van der Waals surface area contributed by atoms with Crippen molar-refractivity contribution in [3.8, 4) is 0 Å². The Morgan fingerprint density at radius 2 is 1.79 bits per heavy atom. The molecule has 0 aromatic carbocycles. The van der Waals surface area contributed by atoms with Gasteiger partial charge in [0.2, 0.25) is 0 Å². The second kappa shape index (κ2) is 8.10. The number of hydrazine groups is 1. The van der Waals surface area contributed by atoms with Crippen molar-refractivity contribution in [3.05, 3.63) is 48.2 Å². The van der Waals surface area contributed by atoms with Crippen LogP contribution in [0.25, 0.3) is 0 Å². The van der Waals surface area contributed by atoms with E-state index in [9.17, 15) is 0 Å². The topological polar surface area (TPSA) is 15.3 Å². The van der Waals surface area contributed by atoms with E-state index >= 15 is 0 Å². The molecule has 0 spiro atoms. The lowest BCUT2D eigenvalue weighted by Crippen LogP contribution is -2.66. The minimum absolute atomic E-state index is 0.872. The predicted molar refractivity (Wildman–Crippen MR) is 82.9 cm³/mol. The molecular formula is C16H28N3+. The van der Waals surface area contributed by atoms with E-state index in [1.165, 1.54) is 5.57 Å². The van der Waals surface area contributed by atoms with Gasteiger partial charge in [0, 0.05) is 12.1 Å². The van der Waals surface area contributed by atoms with Crippen LogP contribution in [0.4, 0.5) is 0 Å². The first-order chi connectivity index (χ1) is 9.18. The molecular weight excluding hydrogens is 234 g/mol. The van der Waals surface area contributed by atoms with Crippen LogP contribution in [0.15, 0.2) is 48.2 Å². The Balaban J connectivity index is 2.78. The molecule has 0 saturated heterocycles. The van der Waals surface area contributed by atoms with Gasteiger partial charge < -0.3 is 0 Å². The summed E-state index contributed by atoms with van der Waals surface area (Å²) in [6, 6.07) is 0. The molecule has 0 aliphatic carbocycles. The third kappa shape index (κ3) is 4.46. The zero-order chi connectivity index (χ0) is 14.1. The van der Waals surface area contributed by atoms with Crippen molar-refractivity contribution in [2.24, 2.45) is 0 Å². The van der Waals surface area contributed by atoms with Gasteiger partial charge in [0.05, 0.1) is 6.54 Å². The summed E-state index contributed by atoms with van der Waals surface area (Å²) in [5.41, 5.74) is 4.98. The van der Waals surface area contributed by atoms with Crippen LogP contribution in [0.5, 0.6) is 0 Å². The quantitative estimate of drug-likeness (QED) is 0.410. The molecule has 0 amide bonds. The fraction of sp³-hybridized carbons (Fsp3) is 0.500. The number of hydrogen-bond acceptors (Lipinski definition) is 2. The first kappa shape index (κ1) is 15.9. The van der Waals surface area contributed by atoms with Crippen molar-refractivity contribution in [1.29, 1.82) is 0 Å². The standard InChI is InChI=1S/C16H28N3/c1-5-8-11-17-18(12-9-6-2)19(13-10-7-3)14-16(4)15-19/h5-10,14,17H,11-13,15H2,1-4H3/q+1/b8-5+,9-6+,10-7+. The molecule has 0 bridgehead atoms. The van der Waals surface area contributed by atoms with Crippen LogP contribution in [-0.4, -0.2) is 35.9 Å². The number of nitrogens with zero attached hydrogens (tertiary/aromatic N) is 2. The molecule has 1 N–H and O–H groups in total. The van der Waals surface area contributed by atoms with Crippen molar-refractivity contribution in [2.45, 2.75) is 27.7 Å². The average molecular weight is 262 g/mol. The number of allylic oxidation sites excluding steroid dienone is 3. The molecule has 106 valence electrons. The summed E-state index contributed by atoms with van der Waals surface area (Å²) in [6.07, 6.45) is 15.2. The van der Waals surface area contributed by atoms with Gasteiger partial charge in [-0.05, 0) is 33.8 Å². The summed E-state index contributed by atoms with van der Waals surface area (Å²) >= 11 is 0. The van der Waals surface area contributed by atoms with Gasteiger partial charge in [-0.15, -0.1) is 0 Å². The Bertz CT molecular complexity index is 379. The van der Waals surface area contributed by atoms with Crippen molar-refractivity contribution in [2.75, 3.05) is 26.2 Å². The van der Waals surface area contributed by atoms with E-state index < -0.39 is 0 Å². The number of hydrogen-bond donors (Lipinski definition) is 1. The molecule has 1 unspecified atom stereocenters. The van der Waals surface area contributed by atoms with Crippen molar-refractivity contribution >= 4 is 0 Å². The summed E-state index contributed by atoms with van der Waals surface area (Å²) < 4.78 is 0.873. The highest BCUT2D eigenvalue weighted by Gasteiger charge is 2.39. The third-order valence-corrected chi connectivity index (χ3v) is 3.26. The Morgan fingerprint density at radius 1 is 1.16 bits per heavy atom. The van der Waals surface area contributed by atoms with Gasteiger partial charge in [0.15, 0.2) is 0 Å². The summed E-state index contributed by atoms with van der Waals surface area (Å²) in [6.45, 7) is 12.3. The summed E-state index contributed by atoms with van der Waals surface area (Å²) in [4.78, 5) is 0. The fourth-order valence-corrected chi connectivity index (χ4v) is 2.32. The maximum absolute atomic E-state index is 3.52. The van der Waals surface area contributed by atoms with Crippen molar-refractivity contribution in [3.63, 3.8) is 0 Å². The molecule has 1 rings (SSSR count). The van der Waals surface area contributed by atoms with E-state index in [1.807, 2.05) is 0 Å². The van der Waals surface area contributed by atoms with Gasteiger partial charge >= 0.3 is 0 Å². The number of quaternary nitrogens is 1. The zero-order valence-electron chi connectivity index (χ0n) is 12.8. The average Bonchev–Trinajstić information content (AvgIpc) is 2.37. The van der Waals surface area contributed by atoms with E-state index in [-0.39, 0.29) is 0 Å². The first-order valence-electron chi connectivity index (χ1n) is 7.08. The van der Waals surface area contributed by atoms with Crippen LogP contribution in [0, 0.1) is 0 Å². The maximum Gasteiger partial charge on any atom is 0.129 e. The lowest BCUT2D eigenvalue weighted by Gasteiger charge is -2.47. The Kier molecular flexibility index (Phi) is 6.78. The lowest BCUT2D eigenvalue weighted by molar-refractivity contribution is -1.01. The highest BCUT2D eigenvalue weighted by atomic mass is 15.9. The predicted octanol–water partition coefficient (Wildman–Crippen LogP) is 3.17. The maximum atomic E-state index is 3.52. The van der Waals surface area contributed by atoms with Gasteiger partial charge in [-0.3, -0.25) is 0 Å². The highest BCUT2D eigenvalue weighted by molar-refractivity contribution is 5.03. The third-order valence-electron chi connectivity index (χ3n) is 3.26. The van der Waals surface area contributed by atoms with Gasteiger partial charge in [-0.2, -0.15) is 4.59 Å². The van der Waals surface area contributed by atoms with E-state index in [0.29, 0.717) is 0 Å². The van der Waals surface area contributed by atoms with Crippen LogP contribution >= 0.6 is 0 Å². The summed E-state index contributed by atoms with van der Waals surface area (Å²) in [5.74, 6) is 0. The minimum Gasteiger partial charge on any atom is -0.206 e. The normalized spacial score (nSPS) is 23.7. The molecule has 3 nitrogen and oxygen atoms in total. The van der Waals surface area contributed by atoms with Gasteiger partial charge in [0.25, 0.3) is 0 Å². The SMILES string of the molecule is C/C=C/CNN(C/C=C/C)[N+]1(C/C=C/C)C=C(C)C1. The zero-order valence-corrected chi connectivity index (χ0v) is 12.8. The van der Waals surface area contributed by atoms with Crippen LogP contribution in [0.3, 0.4) is 0 Å². The van der Waals surface area contributed by atoms with Crippen LogP contribution in [0.2, 0.25) is 0 Å². The van der Waals surface area contributed by atoms with Gasteiger partial charge in [0.1, 0.15) is 19.3 Å². The van der Waals surface area contributed by atoms with Crippen LogP contribution in [0.1, 0.15) is 27.7 Å². The highest BCUT2D eigenvalue weighted by Crippen LogP contribution is 2.26. The smallest absolute Gasteiger partial charge is 0.129 e. The lowest BCUT2D eigenvalue weighted by atomic mass is 10.1. The molecule has 1 atom stereocenters. The Labute approximate surface area is 118 Å². The summed E-state index contributed by atoms with van der Waals surface area (Å²) in [5, 5.41) is 2.31.